The molecule has 1 fully saturated rings. The summed E-state index contributed by atoms with van der Waals surface area (Å²) in [7, 11) is 0. The smallest absolute Gasteiger partial charge is 0.246 e. The molecule has 0 saturated heterocycles. The molecule has 0 aliphatic heterocycles. The minimum Gasteiger partial charge on any atom is -0.357 e. The van der Waals surface area contributed by atoms with E-state index >= 15 is 0 Å². The van der Waals surface area contributed by atoms with Crippen molar-refractivity contribution in [3.8, 4) is 0 Å². The molecule has 1 aromatic heterocycles. The topological polar surface area (TPSA) is 83.3 Å². The van der Waals surface area contributed by atoms with Crippen LogP contribution in [0.4, 0.5) is 5.69 Å². The second-order valence-corrected chi connectivity index (χ2v) is 6.77. The Kier molecular flexibility index (Phi) is 9.26. The van der Waals surface area contributed by atoms with Gasteiger partial charge in [0, 0.05) is 30.7 Å². The molecule has 1 heterocycles. The molecule has 0 spiro atoms. The van der Waals surface area contributed by atoms with E-state index in [1.807, 2.05) is 24.3 Å². The highest BCUT2D eigenvalue weighted by Crippen LogP contribution is 2.17. The number of carbonyl (C=O) groups is 1. The molecule has 1 saturated carbocycles. The van der Waals surface area contributed by atoms with Gasteiger partial charge < -0.3 is 16.0 Å². The third-order valence-corrected chi connectivity index (χ3v) is 4.54. The molecule has 1 aromatic carbocycles. The summed E-state index contributed by atoms with van der Waals surface area (Å²) >= 11 is 0. The quantitative estimate of drug-likeness (QED) is 0.313. The minimum absolute atomic E-state index is 0. The Morgan fingerprint density at radius 3 is 2.82 bits per heavy atom. The van der Waals surface area contributed by atoms with Crippen LogP contribution in [0.5, 0.6) is 0 Å². The number of rotatable bonds is 7. The number of nitrogens with zero attached hydrogens (tertiary/aromatic N) is 3. The SMILES string of the molecule is CCNC(=NCc1cccc(NC(=O)Cn2cccn2)c1)NC1CCCC1.I. The number of aliphatic imine (C=N–C) groups is 1. The molecule has 28 heavy (non-hydrogen) atoms. The Morgan fingerprint density at radius 1 is 1.29 bits per heavy atom. The molecular formula is C20H29IN6O. The largest absolute Gasteiger partial charge is 0.357 e. The maximum Gasteiger partial charge on any atom is 0.246 e. The molecule has 8 heteroatoms. The second kappa shape index (κ2) is 11.7. The molecule has 3 rings (SSSR count). The van der Waals surface area contributed by atoms with E-state index in [1.54, 1.807) is 23.1 Å². The molecule has 2 aromatic rings. The first-order chi connectivity index (χ1) is 13.2. The summed E-state index contributed by atoms with van der Waals surface area (Å²) in [6.45, 7) is 3.67. The lowest BCUT2D eigenvalue weighted by Gasteiger charge is -2.16. The average Bonchev–Trinajstić information content (AvgIpc) is 3.34. The van der Waals surface area contributed by atoms with Crippen LogP contribution in [0.15, 0.2) is 47.7 Å². The van der Waals surface area contributed by atoms with E-state index in [9.17, 15) is 4.79 Å². The molecule has 1 amide bonds. The van der Waals surface area contributed by atoms with E-state index in [4.69, 9.17) is 4.99 Å². The molecule has 7 nitrogen and oxygen atoms in total. The second-order valence-electron chi connectivity index (χ2n) is 6.77. The number of aromatic nitrogens is 2. The summed E-state index contributed by atoms with van der Waals surface area (Å²) < 4.78 is 1.60. The maximum atomic E-state index is 12.1. The van der Waals surface area contributed by atoms with Crippen LogP contribution in [0.2, 0.25) is 0 Å². The van der Waals surface area contributed by atoms with Gasteiger partial charge in [-0.3, -0.25) is 9.48 Å². The molecule has 1 aliphatic carbocycles. The highest BCUT2D eigenvalue weighted by molar-refractivity contribution is 14.0. The predicted octanol–water partition coefficient (Wildman–Crippen LogP) is 3.14. The average molecular weight is 496 g/mol. The molecular weight excluding hydrogens is 467 g/mol. The van der Waals surface area contributed by atoms with Crippen molar-refractivity contribution in [2.24, 2.45) is 4.99 Å². The van der Waals surface area contributed by atoms with Crippen LogP contribution in [0.1, 0.15) is 38.2 Å². The Morgan fingerprint density at radius 2 is 2.11 bits per heavy atom. The Bertz CT molecular complexity index is 756. The zero-order valence-electron chi connectivity index (χ0n) is 16.2. The van der Waals surface area contributed by atoms with Gasteiger partial charge in [-0.15, -0.1) is 24.0 Å². The van der Waals surface area contributed by atoms with Crippen molar-refractivity contribution in [1.82, 2.24) is 20.4 Å². The monoisotopic (exact) mass is 496 g/mol. The number of hydrogen-bond donors (Lipinski definition) is 3. The number of halogens is 1. The van der Waals surface area contributed by atoms with E-state index in [1.165, 1.54) is 25.7 Å². The van der Waals surface area contributed by atoms with Crippen LogP contribution in [0.25, 0.3) is 0 Å². The molecule has 0 bridgehead atoms. The van der Waals surface area contributed by atoms with Gasteiger partial charge in [0.25, 0.3) is 0 Å². The fourth-order valence-corrected chi connectivity index (χ4v) is 3.24. The summed E-state index contributed by atoms with van der Waals surface area (Å²) in [6, 6.07) is 10.1. The van der Waals surface area contributed by atoms with Gasteiger partial charge in [0.1, 0.15) is 6.54 Å². The summed E-state index contributed by atoms with van der Waals surface area (Å²) in [6.07, 6.45) is 8.43. The molecule has 0 unspecified atom stereocenters. The van der Waals surface area contributed by atoms with E-state index in [0.29, 0.717) is 12.6 Å². The van der Waals surface area contributed by atoms with Crippen molar-refractivity contribution in [3.63, 3.8) is 0 Å². The number of anilines is 1. The Labute approximate surface area is 183 Å². The van der Waals surface area contributed by atoms with Gasteiger partial charge in [0.15, 0.2) is 5.96 Å². The van der Waals surface area contributed by atoms with Crippen molar-refractivity contribution in [2.75, 3.05) is 11.9 Å². The van der Waals surface area contributed by atoms with Gasteiger partial charge in [-0.2, -0.15) is 5.10 Å². The summed E-state index contributed by atoms with van der Waals surface area (Å²) in [4.78, 5) is 16.8. The minimum atomic E-state index is -0.101. The molecule has 3 N–H and O–H groups in total. The van der Waals surface area contributed by atoms with Gasteiger partial charge in [-0.1, -0.05) is 25.0 Å². The number of hydrogen-bond acceptors (Lipinski definition) is 3. The van der Waals surface area contributed by atoms with Crippen molar-refractivity contribution in [1.29, 1.82) is 0 Å². The summed E-state index contributed by atoms with van der Waals surface area (Å²) in [5, 5.41) is 13.8. The number of nitrogens with one attached hydrogen (secondary N) is 3. The molecule has 152 valence electrons. The van der Waals surface area contributed by atoms with Crippen molar-refractivity contribution >= 4 is 41.5 Å². The molecule has 1 aliphatic rings. The van der Waals surface area contributed by atoms with Crippen LogP contribution in [0.3, 0.4) is 0 Å². The number of amides is 1. The van der Waals surface area contributed by atoms with Crippen LogP contribution in [-0.2, 0) is 17.9 Å². The molecule has 0 radical (unpaired) electrons. The summed E-state index contributed by atoms with van der Waals surface area (Å²) in [5.41, 5.74) is 1.82. The summed E-state index contributed by atoms with van der Waals surface area (Å²) in [5.74, 6) is 0.758. The lowest BCUT2D eigenvalue weighted by atomic mass is 10.2. The van der Waals surface area contributed by atoms with Crippen LogP contribution < -0.4 is 16.0 Å². The van der Waals surface area contributed by atoms with Gasteiger partial charge in [0.05, 0.1) is 6.54 Å². The third-order valence-electron chi connectivity index (χ3n) is 4.54. The first-order valence-corrected chi connectivity index (χ1v) is 9.64. The Balaban J connectivity index is 0.00000280. The van der Waals surface area contributed by atoms with Crippen LogP contribution in [0, 0.1) is 0 Å². The van der Waals surface area contributed by atoms with Gasteiger partial charge >= 0.3 is 0 Å². The van der Waals surface area contributed by atoms with E-state index in [2.05, 4.69) is 28.0 Å². The zero-order valence-corrected chi connectivity index (χ0v) is 18.6. The predicted molar refractivity (Wildman–Crippen MR) is 123 cm³/mol. The van der Waals surface area contributed by atoms with Crippen molar-refractivity contribution < 1.29 is 4.79 Å². The van der Waals surface area contributed by atoms with Crippen LogP contribution in [-0.4, -0.2) is 34.2 Å². The number of benzene rings is 1. The fourth-order valence-electron chi connectivity index (χ4n) is 3.24. The van der Waals surface area contributed by atoms with Crippen molar-refractivity contribution in [3.05, 3.63) is 48.3 Å². The lowest BCUT2D eigenvalue weighted by Crippen LogP contribution is -2.42. The highest BCUT2D eigenvalue weighted by Gasteiger charge is 2.15. The van der Waals surface area contributed by atoms with Gasteiger partial charge in [0.2, 0.25) is 5.91 Å². The van der Waals surface area contributed by atoms with E-state index < -0.39 is 0 Å². The van der Waals surface area contributed by atoms with Gasteiger partial charge in [-0.25, -0.2) is 4.99 Å². The zero-order chi connectivity index (χ0) is 18.9. The first-order valence-electron chi connectivity index (χ1n) is 9.64. The lowest BCUT2D eigenvalue weighted by molar-refractivity contribution is -0.116. The molecule has 0 atom stereocenters. The first kappa shape index (κ1) is 22.2. The number of guanidine groups is 1. The standard InChI is InChI=1S/C20H28N6O.HI/c1-2-21-20(25-17-8-3-4-9-17)22-14-16-7-5-10-18(13-16)24-19(27)15-26-12-6-11-23-26;/h5-7,10-13,17H,2-4,8-9,14-15H2,1H3,(H,24,27)(H2,21,22,25);1H. The normalized spacial score (nSPS) is 14.4. The van der Waals surface area contributed by atoms with E-state index in [0.717, 1.165) is 23.8 Å². The highest BCUT2D eigenvalue weighted by atomic mass is 127. The van der Waals surface area contributed by atoms with Crippen molar-refractivity contribution in [2.45, 2.75) is 51.7 Å². The third kappa shape index (κ3) is 7.14. The van der Waals surface area contributed by atoms with Gasteiger partial charge in [-0.05, 0) is 43.5 Å². The Hall–Kier alpha value is -2.10. The van der Waals surface area contributed by atoms with Crippen LogP contribution >= 0.6 is 24.0 Å². The van der Waals surface area contributed by atoms with E-state index in [-0.39, 0.29) is 36.4 Å². The fraction of sp³-hybridized carbons (Fsp3) is 0.450. The number of carbonyl (C=O) groups excluding carboxylic acids is 1. The maximum absolute atomic E-state index is 12.1.